The van der Waals surface area contributed by atoms with Crippen molar-refractivity contribution in [2.45, 2.75) is 19.4 Å². The highest BCUT2D eigenvalue weighted by Gasteiger charge is 2.26. The molecule has 1 aliphatic rings. The highest BCUT2D eigenvalue weighted by atomic mass is 79.9. The zero-order valence-electron chi connectivity index (χ0n) is 11.4. The number of fused-ring (bicyclic) bond motifs is 1. The molecule has 0 spiro atoms. The standard InChI is InChI=1S/C15H14Br2ClNOS/c1-2-19-13(11-7-12(16)21-15(11)17)10-6-9(18)5-8-3-4-20-14(8)10/h5-7,13,19H,2-4H2,1H3. The topological polar surface area (TPSA) is 21.3 Å². The molecule has 2 aromatic rings. The summed E-state index contributed by atoms with van der Waals surface area (Å²) in [5.41, 5.74) is 3.52. The molecule has 1 unspecified atom stereocenters. The Hall–Kier alpha value is -0.0700. The minimum Gasteiger partial charge on any atom is -0.493 e. The van der Waals surface area contributed by atoms with Gasteiger partial charge in [0.1, 0.15) is 5.75 Å². The fraction of sp³-hybridized carbons (Fsp3) is 0.333. The van der Waals surface area contributed by atoms with Crippen molar-refractivity contribution in [1.82, 2.24) is 5.32 Å². The summed E-state index contributed by atoms with van der Waals surface area (Å²) in [6, 6.07) is 6.23. The third-order valence-electron chi connectivity index (χ3n) is 3.49. The third kappa shape index (κ3) is 3.17. The number of benzene rings is 1. The average Bonchev–Trinajstić information content (AvgIpc) is 3.01. The second-order valence-corrected chi connectivity index (χ2v) is 9.04. The lowest BCUT2D eigenvalue weighted by atomic mass is 9.97. The summed E-state index contributed by atoms with van der Waals surface area (Å²) in [6.07, 6.45) is 0.927. The van der Waals surface area contributed by atoms with Gasteiger partial charge in [-0.05, 0) is 67.7 Å². The van der Waals surface area contributed by atoms with Crippen molar-refractivity contribution in [2.24, 2.45) is 0 Å². The molecule has 1 aromatic carbocycles. The van der Waals surface area contributed by atoms with Crippen molar-refractivity contribution in [3.63, 3.8) is 0 Å². The zero-order valence-corrected chi connectivity index (χ0v) is 16.1. The van der Waals surface area contributed by atoms with Gasteiger partial charge in [0, 0.05) is 17.0 Å². The molecule has 1 aliphatic heterocycles. The fourth-order valence-corrected chi connectivity index (χ4v) is 5.81. The van der Waals surface area contributed by atoms with Gasteiger partial charge in [-0.3, -0.25) is 0 Å². The van der Waals surface area contributed by atoms with Crippen LogP contribution in [0.1, 0.15) is 29.7 Å². The van der Waals surface area contributed by atoms with E-state index < -0.39 is 0 Å². The number of thiophene rings is 1. The van der Waals surface area contributed by atoms with Crippen LogP contribution >= 0.6 is 54.8 Å². The molecule has 0 aliphatic carbocycles. The first-order chi connectivity index (χ1) is 10.1. The van der Waals surface area contributed by atoms with E-state index in [4.69, 9.17) is 16.3 Å². The molecule has 1 N–H and O–H groups in total. The molecule has 0 radical (unpaired) electrons. The molecule has 0 amide bonds. The molecule has 0 fully saturated rings. The predicted octanol–water partition coefficient (Wildman–Crippen LogP) is 5.56. The number of rotatable bonds is 4. The summed E-state index contributed by atoms with van der Waals surface area (Å²) in [5.74, 6) is 0.986. The van der Waals surface area contributed by atoms with Gasteiger partial charge in [-0.25, -0.2) is 0 Å². The first kappa shape index (κ1) is 15.8. The van der Waals surface area contributed by atoms with E-state index >= 15 is 0 Å². The molecule has 1 atom stereocenters. The van der Waals surface area contributed by atoms with Crippen LogP contribution in [0, 0.1) is 0 Å². The average molecular weight is 452 g/mol. The second-order valence-electron chi connectivity index (χ2n) is 4.85. The van der Waals surface area contributed by atoms with Crippen molar-refractivity contribution < 1.29 is 4.74 Å². The second kappa shape index (κ2) is 6.59. The highest BCUT2D eigenvalue weighted by Crippen LogP contribution is 2.43. The molecule has 0 saturated heterocycles. The van der Waals surface area contributed by atoms with Gasteiger partial charge < -0.3 is 10.1 Å². The van der Waals surface area contributed by atoms with Gasteiger partial charge >= 0.3 is 0 Å². The molecule has 0 bridgehead atoms. The van der Waals surface area contributed by atoms with E-state index in [1.807, 2.05) is 12.1 Å². The maximum atomic E-state index is 6.30. The van der Waals surface area contributed by atoms with E-state index in [0.717, 1.165) is 43.5 Å². The Balaban J connectivity index is 2.12. The van der Waals surface area contributed by atoms with Gasteiger partial charge in [-0.1, -0.05) is 18.5 Å². The molecule has 2 heterocycles. The summed E-state index contributed by atoms with van der Waals surface area (Å²) in [4.78, 5) is 0. The Bertz CT molecular complexity index is 674. The molecular formula is C15H14Br2ClNOS. The van der Waals surface area contributed by atoms with Gasteiger partial charge in [0.05, 0.1) is 20.2 Å². The van der Waals surface area contributed by atoms with E-state index in [-0.39, 0.29) is 6.04 Å². The van der Waals surface area contributed by atoms with Crippen LogP contribution < -0.4 is 10.1 Å². The highest BCUT2D eigenvalue weighted by molar-refractivity contribution is 9.12. The van der Waals surface area contributed by atoms with E-state index in [1.54, 1.807) is 11.3 Å². The Morgan fingerprint density at radius 3 is 2.81 bits per heavy atom. The van der Waals surface area contributed by atoms with Crippen LogP contribution in [0.25, 0.3) is 0 Å². The van der Waals surface area contributed by atoms with Crippen LogP contribution in [0.2, 0.25) is 5.02 Å². The van der Waals surface area contributed by atoms with Crippen LogP contribution in [0.5, 0.6) is 5.75 Å². The number of halogens is 3. The van der Waals surface area contributed by atoms with Gasteiger partial charge in [-0.2, -0.15) is 0 Å². The summed E-state index contributed by atoms with van der Waals surface area (Å²) >= 11 is 15.2. The molecule has 0 saturated carbocycles. The maximum Gasteiger partial charge on any atom is 0.127 e. The lowest BCUT2D eigenvalue weighted by Crippen LogP contribution is -2.22. The molecule has 112 valence electrons. The number of hydrogen-bond acceptors (Lipinski definition) is 3. The van der Waals surface area contributed by atoms with Crippen LogP contribution in [0.3, 0.4) is 0 Å². The Morgan fingerprint density at radius 2 is 2.14 bits per heavy atom. The first-order valence-corrected chi connectivity index (χ1v) is 9.51. The normalized spacial score (nSPS) is 14.9. The van der Waals surface area contributed by atoms with Crippen LogP contribution in [-0.4, -0.2) is 13.2 Å². The lowest BCUT2D eigenvalue weighted by molar-refractivity contribution is 0.350. The fourth-order valence-electron chi connectivity index (χ4n) is 2.65. The van der Waals surface area contributed by atoms with Crippen LogP contribution in [0.4, 0.5) is 0 Å². The zero-order chi connectivity index (χ0) is 15.0. The summed E-state index contributed by atoms with van der Waals surface area (Å²) in [7, 11) is 0. The quantitative estimate of drug-likeness (QED) is 0.657. The van der Waals surface area contributed by atoms with E-state index in [2.05, 4.69) is 50.2 Å². The van der Waals surface area contributed by atoms with Gasteiger partial charge in [0.25, 0.3) is 0 Å². The van der Waals surface area contributed by atoms with Crippen LogP contribution in [-0.2, 0) is 6.42 Å². The Kier molecular flexibility index (Phi) is 4.96. The number of nitrogens with one attached hydrogen (secondary N) is 1. The minimum absolute atomic E-state index is 0.0671. The summed E-state index contributed by atoms with van der Waals surface area (Å²) in [5, 5.41) is 4.31. The van der Waals surface area contributed by atoms with Crippen molar-refractivity contribution in [3.05, 3.63) is 47.5 Å². The molecule has 6 heteroatoms. The minimum atomic E-state index is 0.0671. The Morgan fingerprint density at radius 1 is 1.33 bits per heavy atom. The number of ether oxygens (including phenoxy) is 1. The van der Waals surface area contributed by atoms with E-state index in [1.165, 1.54) is 11.1 Å². The van der Waals surface area contributed by atoms with Crippen molar-refractivity contribution in [1.29, 1.82) is 0 Å². The first-order valence-electron chi connectivity index (χ1n) is 6.73. The van der Waals surface area contributed by atoms with E-state index in [0.29, 0.717) is 0 Å². The molecule has 2 nitrogen and oxygen atoms in total. The summed E-state index contributed by atoms with van der Waals surface area (Å²) < 4.78 is 8.08. The van der Waals surface area contributed by atoms with Crippen LogP contribution in [0.15, 0.2) is 25.8 Å². The maximum absolute atomic E-state index is 6.30. The third-order valence-corrected chi connectivity index (χ3v) is 6.09. The van der Waals surface area contributed by atoms with Gasteiger partial charge in [-0.15, -0.1) is 11.3 Å². The molecule has 3 rings (SSSR count). The predicted molar refractivity (Wildman–Crippen MR) is 95.9 cm³/mol. The number of hydrogen-bond donors (Lipinski definition) is 1. The molecule has 21 heavy (non-hydrogen) atoms. The lowest BCUT2D eigenvalue weighted by Gasteiger charge is -2.21. The monoisotopic (exact) mass is 449 g/mol. The largest absolute Gasteiger partial charge is 0.493 e. The van der Waals surface area contributed by atoms with Crippen molar-refractivity contribution in [3.8, 4) is 5.75 Å². The van der Waals surface area contributed by atoms with Crippen molar-refractivity contribution >= 4 is 54.8 Å². The Labute approximate surface area is 150 Å². The smallest absolute Gasteiger partial charge is 0.127 e. The molecule has 1 aromatic heterocycles. The SMILES string of the molecule is CCNC(c1cc(Br)sc1Br)c1cc(Cl)cc2c1OCC2. The van der Waals surface area contributed by atoms with Gasteiger partial charge in [0.2, 0.25) is 0 Å². The van der Waals surface area contributed by atoms with E-state index in [9.17, 15) is 0 Å². The summed E-state index contributed by atoms with van der Waals surface area (Å²) in [6.45, 7) is 3.70. The molecular weight excluding hydrogens is 437 g/mol. The van der Waals surface area contributed by atoms with Gasteiger partial charge in [0.15, 0.2) is 0 Å². The van der Waals surface area contributed by atoms with Crippen molar-refractivity contribution in [2.75, 3.05) is 13.2 Å².